The zero-order chi connectivity index (χ0) is 27.4. The smallest absolute Gasteiger partial charge is 0.243 e. The van der Waals surface area contributed by atoms with Crippen molar-refractivity contribution in [2.45, 2.75) is 31.9 Å². The van der Waals surface area contributed by atoms with Crippen molar-refractivity contribution in [2.75, 3.05) is 26.1 Å². The molecule has 0 bridgehead atoms. The fourth-order valence-corrected chi connectivity index (χ4v) is 5.05. The number of anilines is 1. The summed E-state index contributed by atoms with van der Waals surface area (Å²) in [5, 5.41) is 7.58. The number of hydrogen-bond donors (Lipinski definition) is 1. The highest BCUT2D eigenvalue weighted by Crippen LogP contribution is 2.38. The van der Waals surface area contributed by atoms with Crippen LogP contribution in [0.3, 0.4) is 0 Å². The fraction of sp³-hybridized carbons (Fsp3) is 0.320. The van der Waals surface area contributed by atoms with Crippen LogP contribution in [0.25, 0.3) is 17.2 Å². The molecular formula is C25H29N7O5S. The summed E-state index contributed by atoms with van der Waals surface area (Å²) in [6.07, 6.45) is 3.19. The molecule has 0 fully saturated rings. The summed E-state index contributed by atoms with van der Waals surface area (Å²) in [6, 6.07) is 10.3. The largest absolute Gasteiger partial charge is 0.494 e. The second-order valence-electron chi connectivity index (χ2n) is 8.48. The normalized spacial score (nSPS) is 13.0. The Balaban J connectivity index is 1.84. The van der Waals surface area contributed by atoms with Crippen LogP contribution in [0.2, 0.25) is 0 Å². The molecular weight excluding hydrogens is 510 g/mol. The Morgan fingerprint density at radius 1 is 0.895 bits per heavy atom. The Morgan fingerprint density at radius 2 is 1.58 bits per heavy atom. The van der Waals surface area contributed by atoms with Crippen molar-refractivity contribution in [3.63, 3.8) is 0 Å². The van der Waals surface area contributed by atoms with Crippen LogP contribution in [-0.2, 0) is 10.0 Å². The molecule has 0 saturated heterocycles. The average Bonchev–Trinajstić information content (AvgIpc) is 3.34. The van der Waals surface area contributed by atoms with Crippen LogP contribution in [0.4, 0.5) is 5.95 Å². The van der Waals surface area contributed by atoms with Crippen molar-refractivity contribution in [1.82, 2.24) is 29.7 Å². The Morgan fingerprint density at radius 3 is 2.18 bits per heavy atom. The zero-order valence-corrected chi connectivity index (χ0v) is 22.7. The number of hydrogen-bond acceptors (Lipinski definition) is 10. The van der Waals surface area contributed by atoms with Gasteiger partial charge in [-0.2, -0.15) is 0 Å². The SMILES string of the molecule is COc1cccc(-c2nnc(NS(=O)(=O)[C@@H](C)[C@H](C)c3cnc(C)cn3)n2-c2c(OC)cccc2OC)n1. The molecule has 0 spiro atoms. The van der Waals surface area contributed by atoms with E-state index in [2.05, 4.69) is 29.9 Å². The first-order valence-electron chi connectivity index (χ1n) is 11.7. The number of rotatable bonds is 10. The van der Waals surface area contributed by atoms with Crippen LogP contribution in [0, 0.1) is 6.92 Å². The van der Waals surface area contributed by atoms with Crippen LogP contribution < -0.4 is 18.9 Å². The highest BCUT2D eigenvalue weighted by molar-refractivity contribution is 7.93. The maximum atomic E-state index is 13.6. The monoisotopic (exact) mass is 539 g/mol. The van der Waals surface area contributed by atoms with E-state index in [1.165, 1.54) is 25.9 Å². The van der Waals surface area contributed by atoms with Crippen LogP contribution in [-0.4, -0.2) is 64.7 Å². The van der Waals surface area contributed by atoms with E-state index in [1.54, 1.807) is 62.6 Å². The van der Waals surface area contributed by atoms with Gasteiger partial charge in [-0.1, -0.05) is 19.1 Å². The molecule has 2 atom stereocenters. The summed E-state index contributed by atoms with van der Waals surface area (Å²) in [5.41, 5.74) is 2.09. The van der Waals surface area contributed by atoms with E-state index in [0.717, 1.165) is 5.69 Å². The lowest BCUT2D eigenvalue weighted by Crippen LogP contribution is -2.31. The third-order valence-electron chi connectivity index (χ3n) is 6.14. The Labute approximate surface area is 221 Å². The third-order valence-corrected chi connectivity index (χ3v) is 8.00. The van der Waals surface area contributed by atoms with Crippen molar-refractivity contribution >= 4 is 16.0 Å². The average molecular weight is 540 g/mol. The number of sulfonamides is 1. The van der Waals surface area contributed by atoms with E-state index in [-0.39, 0.29) is 11.8 Å². The molecule has 0 aliphatic carbocycles. The molecule has 3 aromatic heterocycles. The van der Waals surface area contributed by atoms with Crippen LogP contribution in [0.15, 0.2) is 48.8 Å². The summed E-state index contributed by atoms with van der Waals surface area (Å²) < 4.78 is 47.7. The number of benzene rings is 1. The van der Waals surface area contributed by atoms with Crippen molar-refractivity contribution in [1.29, 1.82) is 0 Å². The second-order valence-corrected chi connectivity index (χ2v) is 10.5. The van der Waals surface area contributed by atoms with Crippen LogP contribution >= 0.6 is 0 Å². The first-order valence-corrected chi connectivity index (χ1v) is 13.2. The molecule has 0 saturated carbocycles. The van der Waals surface area contributed by atoms with E-state index >= 15 is 0 Å². The molecule has 0 amide bonds. The molecule has 13 heteroatoms. The molecule has 0 aliphatic rings. The molecule has 0 aliphatic heterocycles. The molecule has 1 N–H and O–H groups in total. The number of nitrogens with zero attached hydrogens (tertiary/aromatic N) is 6. The van der Waals surface area contributed by atoms with E-state index in [0.29, 0.717) is 34.5 Å². The van der Waals surface area contributed by atoms with Gasteiger partial charge in [0.05, 0.1) is 38.0 Å². The minimum Gasteiger partial charge on any atom is -0.494 e. The topological polar surface area (TPSA) is 143 Å². The highest BCUT2D eigenvalue weighted by Gasteiger charge is 2.32. The Bertz CT molecular complexity index is 1500. The highest BCUT2D eigenvalue weighted by atomic mass is 32.2. The van der Waals surface area contributed by atoms with Gasteiger partial charge in [-0.3, -0.25) is 19.3 Å². The Kier molecular flexibility index (Phi) is 7.76. The summed E-state index contributed by atoms with van der Waals surface area (Å²) in [5.74, 6) is 0.885. The van der Waals surface area contributed by atoms with Gasteiger partial charge in [0.25, 0.3) is 0 Å². The van der Waals surface area contributed by atoms with Crippen molar-refractivity contribution < 1.29 is 22.6 Å². The molecule has 0 unspecified atom stereocenters. The summed E-state index contributed by atoms with van der Waals surface area (Å²) >= 11 is 0. The molecule has 4 rings (SSSR count). The van der Waals surface area contributed by atoms with Gasteiger partial charge in [0.2, 0.25) is 21.9 Å². The lowest BCUT2D eigenvalue weighted by atomic mass is 10.1. The van der Waals surface area contributed by atoms with E-state index in [1.807, 2.05) is 6.92 Å². The van der Waals surface area contributed by atoms with Crippen molar-refractivity contribution in [3.8, 4) is 34.6 Å². The van der Waals surface area contributed by atoms with Gasteiger partial charge in [0.15, 0.2) is 5.82 Å². The van der Waals surface area contributed by atoms with Gasteiger partial charge < -0.3 is 14.2 Å². The van der Waals surface area contributed by atoms with Crippen LogP contribution in [0.5, 0.6) is 17.4 Å². The van der Waals surface area contributed by atoms with Gasteiger partial charge in [-0.15, -0.1) is 10.2 Å². The number of para-hydroxylation sites is 1. The van der Waals surface area contributed by atoms with Gasteiger partial charge in [-0.25, -0.2) is 13.4 Å². The van der Waals surface area contributed by atoms with Gasteiger partial charge >= 0.3 is 0 Å². The predicted molar refractivity (Wildman–Crippen MR) is 141 cm³/mol. The number of methoxy groups -OCH3 is 3. The van der Waals surface area contributed by atoms with E-state index in [9.17, 15) is 8.42 Å². The van der Waals surface area contributed by atoms with Gasteiger partial charge in [0.1, 0.15) is 22.9 Å². The third kappa shape index (κ3) is 5.23. The standard InChI is InChI=1S/C25H29N7O5S/c1-15-13-27-19(14-26-15)16(2)17(3)38(33,34)31-25-30-29-24(18-9-7-12-22(28-18)37-6)32(25)23-20(35-4)10-8-11-21(23)36-5/h7-14,16-17H,1-6H3,(H,30,31)/t16-,17-/m0/s1. The minimum atomic E-state index is -3.99. The minimum absolute atomic E-state index is 0.0681. The molecule has 12 nitrogen and oxygen atoms in total. The molecule has 200 valence electrons. The summed E-state index contributed by atoms with van der Waals surface area (Å²) in [6.45, 7) is 5.20. The first kappa shape index (κ1) is 26.8. The van der Waals surface area contributed by atoms with E-state index < -0.39 is 21.2 Å². The van der Waals surface area contributed by atoms with Gasteiger partial charge in [0, 0.05) is 24.4 Å². The molecule has 1 aromatic carbocycles. The number of aromatic nitrogens is 6. The maximum absolute atomic E-state index is 13.6. The van der Waals surface area contributed by atoms with E-state index in [4.69, 9.17) is 14.2 Å². The number of pyridine rings is 1. The quantitative estimate of drug-likeness (QED) is 0.318. The second kappa shape index (κ2) is 11.0. The molecule has 3 heterocycles. The first-order chi connectivity index (χ1) is 18.2. The number of nitrogens with one attached hydrogen (secondary N) is 1. The van der Waals surface area contributed by atoms with Crippen molar-refractivity contribution in [2.24, 2.45) is 0 Å². The molecule has 0 radical (unpaired) electrons. The lowest BCUT2D eigenvalue weighted by molar-refractivity contribution is 0.391. The lowest BCUT2D eigenvalue weighted by Gasteiger charge is -2.21. The van der Waals surface area contributed by atoms with Gasteiger partial charge in [-0.05, 0) is 32.0 Å². The van der Waals surface area contributed by atoms with Crippen LogP contribution in [0.1, 0.15) is 31.2 Å². The number of aryl methyl sites for hydroxylation is 1. The predicted octanol–water partition coefficient (Wildman–Crippen LogP) is 3.39. The molecule has 4 aromatic rings. The summed E-state index contributed by atoms with van der Waals surface area (Å²) in [4.78, 5) is 13.1. The molecule has 38 heavy (non-hydrogen) atoms. The number of ether oxygens (including phenoxy) is 3. The Hall–Kier alpha value is -4.26. The fourth-order valence-electron chi connectivity index (χ4n) is 3.80. The summed E-state index contributed by atoms with van der Waals surface area (Å²) in [7, 11) is 0.515. The maximum Gasteiger partial charge on any atom is 0.243 e. The zero-order valence-electron chi connectivity index (χ0n) is 21.9. The van der Waals surface area contributed by atoms with Crippen molar-refractivity contribution in [3.05, 3.63) is 60.2 Å².